The minimum absolute atomic E-state index is 0.668. The van der Waals surface area contributed by atoms with Gasteiger partial charge in [0.15, 0.2) is 0 Å². The number of rotatable bonds is 3. The Morgan fingerprint density at radius 3 is 2.53 bits per heavy atom. The van der Waals surface area contributed by atoms with Gasteiger partial charge in [-0.15, -0.1) is 0 Å². The van der Waals surface area contributed by atoms with E-state index in [-0.39, 0.29) is 0 Å². The van der Waals surface area contributed by atoms with Crippen LogP contribution in [-0.4, -0.2) is 0 Å². The summed E-state index contributed by atoms with van der Waals surface area (Å²) in [5.74, 6) is 0.668. The van der Waals surface area contributed by atoms with E-state index in [9.17, 15) is 0 Å². The highest BCUT2D eigenvalue weighted by atomic mass is 14.6. The summed E-state index contributed by atoms with van der Waals surface area (Å²) in [5, 5.41) is 2.78. The largest absolute Gasteiger partial charge is 0.0654 e. The molecule has 0 spiro atoms. The molecule has 2 rings (SSSR count). The summed E-state index contributed by atoms with van der Waals surface area (Å²) in [5.41, 5.74) is 1.50. The van der Waals surface area contributed by atoms with E-state index < -0.39 is 0 Å². The molecule has 2 aromatic rings. The minimum atomic E-state index is 0.668. The van der Waals surface area contributed by atoms with E-state index >= 15 is 0 Å². The third-order valence-corrected chi connectivity index (χ3v) is 3.08. The molecule has 15 heavy (non-hydrogen) atoms. The molecule has 0 saturated heterocycles. The van der Waals surface area contributed by atoms with Gasteiger partial charge in [-0.05, 0) is 28.7 Å². The standard InChI is InChI=1S/C15H18/c1-3-7-12(2)14-11-6-9-13-8-4-5-10-15(13)14/h4-6,8-12H,3,7H2,1-2H3/i2+1,12+1. The van der Waals surface area contributed by atoms with Crippen LogP contribution in [0.15, 0.2) is 42.5 Å². The topological polar surface area (TPSA) is 0 Å². The lowest BCUT2D eigenvalue weighted by atomic mass is 10.1. The fraction of sp³-hybridized carbons (Fsp3) is 0.333. The zero-order valence-corrected chi connectivity index (χ0v) is 9.53. The first-order chi connectivity index (χ1) is 7.33. The second-order valence-corrected chi connectivity index (χ2v) is 4.26. The predicted molar refractivity (Wildman–Crippen MR) is 67.3 cm³/mol. The van der Waals surface area contributed by atoms with Crippen molar-refractivity contribution in [2.75, 3.05) is 0 Å². The van der Waals surface area contributed by atoms with Crippen LogP contribution in [0.4, 0.5) is 0 Å². The Morgan fingerprint density at radius 2 is 1.73 bits per heavy atom. The second-order valence-electron chi connectivity index (χ2n) is 4.26. The number of fused-ring (bicyclic) bond motifs is 1. The molecule has 1 atom stereocenters. The van der Waals surface area contributed by atoms with E-state index in [1.165, 1.54) is 29.2 Å². The average molecular weight is 200 g/mol. The molecule has 0 aliphatic rings. The Morgan fingerprint density at radius 1 is 1.00 bits per heavy atom. The highest BCUT2D eigenvalue weighted by molar-refractivity contribution is 5.86. The monoisotopic (exact) mass is 200 g/mol. The molecule has 0 radical (unpaired) electrons. The summed E-state index contributed by atoms with van der Waals surface area (Å²) in [6.45, 7) is 4.58. The van der Waals surface area contributed by atoms with Gasteiger partial charge in [-0.3, -0.25) is 0 Å². The van der Waals surface area contributed by atoms with Crippen molar-refractivity contribution in [3.05, 3.63) is 48.0 Å². The number of hydrogen-bond acceptors (Lipinski definition) is 0. The van der Waals surface area contributed by atoms with Gasteiger partial charge in [0.1, 0.15) is 0 Å². The number of benzene rings is 2. The molecule has 0 heteroatoms. The van der Waals surface area contributed by atoms with Crippen molar-refractivity contribution in [1.29, 1.82) is 0 Å². The van der Waals surface area contributed by atoms with E-state index in [1.54, 1.807) is 0 Å². The van der Waals surface area contributed by atoms with Crippen molar-refractivity contribution in [2.45, 2.75) is 32.6 Å². The van der Waals surface area contributed by atoms with Crippen LogP contribution in [0.25, 0.3) is 10.8 Å². The zero-order chi connectivity index (χ0) is 10.7. The van der Waals surface area contributed by atoms with Crippen LogP contribution in [0.3, 0.4) is 0 Å². The summed E-state index contributed by atoms with van der Waals surface area (Å²) in [7, 11) is 0. The van der Waals surface area contributed by atoms with Crippen molar-refractivity contribution in [2.24, 2.45) is 0 Å². The minimum Gasteiger partial charge on any atom is -0.0654 e. The Bertz CT molecular complexity index is 437. The molecule has 0 saturated carbocycles. The average Bonchev–Trinajstić information content (AvgIpc) is 2.28. The molecular weight excluding hydrogens is 182 g/mol. The third kappa shape index (κ3) is 2.04. The van der Waals surface area contributed by atoms with Crippen LogP contribution >= 0.6 is 0 Å². The zero-order valence-electron chi connectivity index (χ0n) is 9.53. The van der Waals surface area contributed by atoms with E-state index in [0.717, 1.165) is 0 Å². The van der Waals surface area contributed by atoms with Gasteiger partial charge in [-0.25, -0.2) is 0 Å². The SMILES string of the molecule is CCC[13CH]([13CH3])c1cccc2ccccc12. The molecule has 0 nitrogen and oxygen atoms in total. The summed E-state index contributed by atoms with van der Waals surface area (Å²) < 4.78 is 0. The lowest BCUT2D eigenvalue weighted by Crippen LogP contribution is -1.93. The van der Waals surface area contributed by atoms with Crippen LogP contribution in [0.5, 0.6) is 0 Å². The Labute approximate surface area is 91.9 Å². The van der Waals surface area contributed by atoms with E-state index in [1.807, 2.05) is 0 Å². The lowest BCUT2D eigenvalue weighted by Gasteiger charge is -2.13. The van der Waals surface area contributed by atoms with Crippen molar-refractivity contribution in [1.82, 2.24) is 0 Å². The summed E-state index contributed by atoms with van der Waals surface area (Å²) in [6, 6.07) is 15.3. The van der Waals surface area contributed by atoms with Gasteiger partial charge in [-0.2, -0.15) is 0 Å². The first kappa shape index (κ1) is 10.2. The molecule has 78 valence electrons. The summed E-state index contributed by atoms with van der Waals surface area (Å²) in [6.07, 6.45) is 2.53. The van der Waals surface area contributed by atoms with Crippen LogP contribution in [-0.2, 0) is 0 Å². The van der Waals surface area contributed by atoms with Gasteiger partial charge in [0.2, 0.25) is 0 Å². The first-order valence-corrected chi connectivity index (χ1v) is 5.80. The Kier molecular flexibility index (Phi) is 3.05. The molecule has 0 heterocycles. The van der Waals surface area contributed by atoms with Crippen molar-refractivity contribution >= 4 is 10.8 Å². The number of hydrogen-bond donors (Lipinski definition) is 0. The molecule has 0 fully saturated rings. The van der Waals surface area contributed by atoms with Crippen LogP contribution in [0.1, 0.15) is 38.2 Å². The molecule has 0 N–H and O–H groups in total. The Balaban J connectivity index is 2.50. The maximum Gasteiger partial charge on any atom is -0.0149 e. The van der Waals surface area contributed by atoms with E-state index in [2.05, 4.69) is 56.3 Å². The van der Waals surface area contributed by atoms with Gasteiger partial charge < -0.3 is 0 Å². The maximum absolute atomic E-state index is 2.32. The van der Waals surface area contributed by atoms with E-state index in [4.69, 9.17) is 0 Å². The van der Waals surface area contributed by atoms with Crippen LogP contribution in [0, 0.1) is 0 Å². The molecule has 0 aromatic heterocycles. The fourth-order valence-corrected chi connectivity index (χ4v) is 2.27. The quantitative estimate of drug-likeness (QED) is 0.627. The summed E-state index contributed by atoms with van der Waals surface area (Å²) in [4.78, 5) is 0. The molecule has 0 aliphatic heterocycles. The van der Waals surface area contributed by atoms with Crippen LogP contribution < -0.4 is 0 Å². The lowest BCUT2D eigenvalue weighted by molar-refractivity contribution is 0.669. The van der Waals surface area contributed by atoms with Crippen molar-refractivity contribution < 1.29 is 0 Å². The highest BCUT2D eigenvalue weighted by Gasteiger charge is 2.07. The first-order valence-electron chi connectivity index (χ1n) is 5.80. The Hall–Kier alpha value is -1.30. The molecule has 0 aliphatic carbocycles. The van der Waals surface area contributed by atoms with Gasteiger partial charge >= 0.3 is 0 Å². The summed E-state index contributed by atoms with van der Waals surface area (Å²) >= 11 is 0. The predicted octanol–water partition coefficient (Wildman–Crippen LogP) is 4.74. The molecule has 0 bridgehead atoms. The molecular formula is C15H18. The second kappa shape index (κ2) is 4.48. The molecule has 1 unspecified atom stereocenters. The third-order valence-electron chi connectivity index (χ3n) is 3.08. The van der Waals surface area contributed by atoms with Gasteiger partial charge in [0, 0.05) is 0 Å². The normalized spacial score (nSPS) is 12.9. The van der Waals surface area contributed by atoms with Crippen molar-refractivity contribution in [3.63, 3.8) is 0 Å². The smallest absolute Gasteiger partial charge is 0.0149 e. The fourth-order valence-electron chi connectivity index (χ4n) is 2.27. The van der Waals surface area contributed by atoms with Crippen molar-refractivity contribution in [3.8, 4) is 0 Å². The van der Waals surface area contributed by atoms with Gasteiger partial charge in [0.25, 0.3) is 0 Å². The van der Waals surface area contributed by atoms with E-state index in [0.29, 0.717) is 5.92 Å². The van der Waals surface area contributed by atoms with Crippen LogP contribution in [0.2, 0.25) is 0 Å². The van der Waals surface area contributed by atoms with Gasteiger partial charge in [0.05, 0.1) is 0 Å². The molecule has 2 aromatic carbocycles. The van der Waals surface area contributed by atoms with Gasteiger partial charge in [-0.1, -0.05) is 62.7 Å². The maximum atomic E-state index is 2.32. The highest BCUT2D eigenvalue weighted by Crippen LogP contribution is 2.28. The molecule has 0 amide bonds.